The maximum Gasteiger partial charge on any atom is 0.362 e. The van der Waals surface area contributed by atoms with Crippen LogP contribution in [0.1, 0.15) is 81.2 Å². The highest BCUT2D eigenvalue weighted by molar-refractivity contribution is 5.97. The molecule has 0 radical (unpaired) electrons. The van der Waals surface area contributed by atoms with E-state index in [0.717, 1.165) is 35.1 Å². The van der Waals surface area contributed by atoms with Gasteiger partial charge in [-0.2, -0.15) is 0 Å². The molecule has 4 aromatic carbocycles. The zero-order valence-corrected chi connectivity index (χ0v) is 25.7. The number of benzene rings is 4. The lowest BCUT2D eigenvalue weighted by Crippen LogP contribution is -2.15. The maximum absolute atomic E-state index is 12.8. The van der Waals surface area contributed by atoms with Crippen LogP contribution in [0, 0.1) is 0 Å². The van der Waals surface area contributed by atoms with Gasteiger partial charge in [-0.3, -0.25) is 9.59 Å². The second kappa shape index (κ2) is 14.9. The molecule has 5 rings (SSSR count). The zero-order valence-electron chi connectivity index (χ0n) is 25.7. The zero-order chi connectivity index (χ0) is 32.5. The van der Waals surface area contributed by atoms with E-state index in [-0.39, 0.29) is 23.0 Å². The molecule has 7 nitrogen and oxygen atoms in total. The van der Waals surface area contributed by atoms with Gasteiger partial charge in [-0.25, -0.2) is 14.6 Å². The average Bonchev–Trinajstić information content (AvgIpc) is 3.09. The molecule has 5 aromatic rings. The van der Waals surface area contributed by atoms with Crippen LogP contribution in [0.25, 0.3) is 22.3 Å². The Labute approximate surface area is 267 Å². The van der Waals surface area contributed by atoms with Crippen molar-refractivity contribution in [1.82, 2.24) is 4.98 Å². The van der Waals surface area contributed by atoms with E-state index in [9.17, 15) is 19.2 Å². The Balaban J connectivity index is 1.18. The van der Waals surface area contributed by atoms with Gasteiger partial charge in [0.1, 0.15) is 22.9 Å². The average molecular weight is 612 g/mol. The highest BCUT2D eigenvalue weighted by Crippen LogP contribution is 2.25. The smallest absolute Gasteiger partial charge is 0.362 e. The van der Waals surface area contributed by atoms with E-state index in [4.69, 9.17) is 9.47 Å². The molecule has 7 heteroatoms. The normalized spacial score (nSPS) is 10.7. The van der Waals surface area contributed by atoms with Crippen LogP contribution in [0.4, 0.5) is 0 Å². The van der Waals surface area contributed by atoms with Gasteiger partial charge < -0.3 is 9.47 Å². The number of ketones is 2. The van der Waals surface area contributed by atoms with Crippen LogP contribution in [-0.4, -0.2) is 28.5 Å². The third kappa shape index (κ3) is 7.87. The summed E-state index contributed by atoms with van der Waals surface area (Å²) in [6.07, 6.45) is 2.66. The van der Waals surface area contributed by atoms with Gasteiger partial charge >= 0.3 is 11.9 Å². The first-order chi connectivity index (χ1) is 22.3. The second-order valence-corrected chi connectivity index (χ2v) is 10.7. The number of Topliss-reactive ketones (excluding diaryl/α,β-unsaturated/α-hetero) is 2. The molecule has 0 amide bonds. The molecule has 0 unspecified atom stereocenters. The Morgan fingerprint density at radius 2 is 0.804 bits per heavy atom. The molecule has 0 aliphatic rings. The summed E-state index contributed by atoms with van der Waals surface area (Å²) in [6, 6.07) is 33.3. The highest BCUT2D eigenvalue weighted by Gasteiger charge is 2.16. The van der Waals surface area contributed by atoms with Crippen molar-refractivity contribution in [2.24, 2.45) is 0 Å². The van der Waals surface area contributed by atoms with Gasteiger partial charge in [0, 0.05) is 24.0 Å². The number of carbonyl (C=O) groups excluding carboxylic acids is 4. The van der Waals surface area contributed by atoms with E-state index in [1.165, 1.54) is 18.2 Å². The van der Waals surface area contributed by atoms with Crippen LogP contribution < -0.4 is 9.47 Å². The van der Waals surface area contributed by atoms with E-state index in [2.05, 4.69) is 4.98 Å². The molecular weight excluding hydrogens is 578 g/mol. The van der Waals surface area contributed by atoms with Crippen molar-refractivity contribution in [1.29, 1.82) is 0 Å². The first-order valence-electron chi connectivity index (χ1n) is 15.2. The molecule has 0 aliphatic carbocycles. The number of pyridine rings is 1. The molecule has 230 valence electrons. The molecule has 0 fully saturated rings. The van der Waals surface area contributed by atoms with Crippen molar-refractivity contribution in [3.63, 3.8) is 0 Å². The summed E-state index contributed by atoms with van der Waals surface area (Å²) in [5.41, 5.74) is 4.97. The van der Waals surface area contributed by atoms with Gasteiger partial charge in [0.2, 0.25) is 0 Å². The maximum atomic E-state index is 12.8. The molecule has 0 atom stereocenters. The van der Waals surface area contributed by atoms with E-state index in [1.54, 1.807) is 24.3 Å². The first-order valence-corrected chi connectivity index (χ1v) is 15.2. The third-order valence-electron chi connectivity index (χ3n) is 7.33. The first kappa shape index (κ1) is 31.7. The SMILES string of the molecule is CCCC(=O)c1ccc(-c2ccc(OC(=O)c3cccc(C(=O)Oc4ccc(-c5ccc(C(=O)CCC)cc5)cc4)n3)cc2)cc1. The fourth-order valence-corrected chi connectivity index (χ4v) is 4.85. The Bertz CT molecular complexity index is 1710. The second-order valence-electron chi connectivity index (χ2n) is 10.7. The number of hydrogen-bond acceptors (Lipinski definition) is 7. The third-order valence-corrected chi connectivity index (χ3v) is 7.33. The van der Waals surface area contributed by atoms with Gasteiger partial charge in [-0.15, -0.1) is 0 Å². The molecule has 0 spiro atoms. The predicted octanol–water partition coefficient (Wildman–Crippen LogP) is 8.82. The lowest BCUT2D eigenvalue weighted by Gasteiger charge is -2.08. The molecular formula is C39H33NO6. The van der Waals surface area contributed by atoms with Crippen LogP contribution in [0.15, 0.2) is 115 Å². The monoisotopic (exact) mass is 611 g/mol. The van der Waals surface area contributed by atoms with Crippen molar-refractivity contribution in [3.05, 3.63) is 138 Å². The van der Waals surface area contributed by atoms with E-state index >= 15 is 0 Å². The number of aromatic nitrogens is 1. The highest BCUT2D eigenvalue weighted by atomic mass is 16.5. The molecule has 0 saturated carbocycles. The van der Waals surface area contributed by atoms with Crippen LogP contribution in [0.2, 0.25) is 0 Å². The minimum atomic E-state index is -0.715. The topological polar surface area (TPSA) is 99.6 Å². The molecule has 0 bridgehead atoms. The minimum Gasteiger partial charge on any atom is -0.422 e. The van der Waals surface area contributed by atoms with Crippen molar-refractivity contribution < 1.29 is 28.7 Å². The van der Waals surface area contributed by atoms with E-state index in [1.807, 2.05) is 86.6 Å². The van der Waals surface area contributed by atoms with Crippen LogP contribution >= 0.6 is 0 Å². The van der Waals surface area contributed by atoms with Gasteiger partial charge in [0.05, 0.1) is 0 Å². The Kier molecular flexibility index (Phi) is 10.2. The lowest BCUT2D eigenvalue weighted by atomic mass is 10.0. The molecule has 0 N–H and O–H groups in total. The van der Waals surface area contributed by atoms with Crippen molar-refractivity contribution in [2.75, 3.05) is 0 Å². The van der Waals surface area contributed by atoms with Crippen LogP contribution in [-0.2, 0) is 0 Å². The molecule has 1 aromatic heterocycles. The lowest BCUT2D eigenvalue weighted by molar-refractivity contribution is 0.0721. The standard InChI is InChI=1S/C39H33NO6/c1-3-6-36(41)30-14-10-26(11-15-30)28-18-22-32(23-19-28)45-38(43)34-8-5-9-35(40-34)39(44)46-33-24-20-29(21-25-33)27-12-16-31(17-13-27)37(42)7-4-2/h5,8-25H,3-4,6-7H2,1-2H3. The summed E-state index contributed by atoms with van der Waals surface area (Å²) in [6.45, 7) is 3.95. The van der Waals surface area contributed by atoms with Crippen LogP contribution in [0.5, 0.6) is 11.5 Å². The van der Waals surface area contributed by atoms with Crippen molar-refractivity contribution in [3.8, 4) is 33.8 Å². The Morgan fingerprint density at radius 3 is 1.13 bits per heavy atom. The summed E-state index contributed by atoms with van der Waals surface area (Å²) < 4.78 is 11.0. The van der Waals surface area contributed by atoms with Crippen LogP contribution in [0.3, 0.4) is 0 Å². The molecule has 46 heavy (non-hydrogen) atoms. The fraction of sp³-hybridized carbons (Fsp3) is 0.154. The largest absolute Gasteiger partial charge is 0.422 e. The Morgan fingerprint density at radius 1 is 0.478 bits per heavy atom. The predicted molar refractivity (Wildman–Crippen MR) is 176 cm³/mol. The number of nitrogens with zero attached hydrogens (tertiary/aromatic N) is 1. The summed E-state index contributed by atoms with van der Waals surface area (Å²) >= 11 is 0. The van der Waals surface area contributed by atoms with Crippen molar-refractivity contribution in [2.45, 2.75) is 39.5 Å². The van der Waals surface area contributed by atoms with Gasteiger partial charge in [-0.1, -0.05) is 92.7 Å². The molecule has 0 saturated heterocycles. The fourth-order valence-electron chi connectivity index (χ4n) is 4.85. The quantitative estimate of drug-likeness (QED) is 0.0789. The molecule has 0 aliphatic heterocycles. The summed E-state index contributed by atoms with van der Waals surface area (Å²) in [5.74, 6) is -0.546. The van der Waals surface area contributed by atoms with Gasteiger partial charge in [0.15, 0.2) is 11.6 Å². The molecule has 1 heterocycles. The number of esters is 2. The van der Waals surface area contributed by atoms with Gasteiger partial charge in [-0.05, 0) is 71.5 Å². The summed E-state index contributed by atoms with van der Waals surface area (Å²) in [4.78, 5) is 54.0. The number of ether oxygens (including phenoxy) is 2. The Hall–Kier alpha value is -5.69. The number of rotatable bonds is 12. The number of hydrogen-bond donors (Lipinski definition) is 0. The number of carbonyl (C=O) groups is 4. The summed E-state index contributed by atoms with van der Waals surface area (Å²) in [5, 5.41) is 0. The van der Waals surface area contributed by atoms with E-state index < -0.39 is 11.9 Å². The van der Waals surface area contributed by atoms with Crippen molar-refractivity contribution >= 4 is 23.5 Å². The van der Waals surface area contributed by atoms with E-state index in [0.29, 0.717) is 35.5 Å². The summed E-state index contributed by atoms with van der Waals surface area (Å²) in [7, 11) is 0. The minimum absolute atomic E-state index is 0.0397. The van der Waals surface area contributed by atoms with Gasteiger partial charge in [0.25, 0.3) is 0 Å².